The molecule has 0 radical (unpaired) electrons. The second-order valence-electron chi connectivity index (χ2n) is 6.70. The number of rotatable bonds is 8. The van der Waals surface area contributed by atoms with Gasteiger partial charge in [0.15, 0.2) is 0 Å². The lowest BCUT2D eigenvalue weighted by Crippen LogP contribution is -2.52. The second kappa shape index (κ2) is 9.76. The van der Waals surface area contributed by atoms with E-state index in [1.807, 2.05) is 24.2 Å². The van der Waals surface area contributed by atoms with Gasteiger partial charge < -0.3 is 10.2 Å². The van der Waals surface area contributed by atoms with Crippen LogP contribution in [-0.4, -0.2) is 66.6 Å². The monoisotopic (exact) mass is 418 g/mol. The number of carbonyl (C=O) groups is 1. The van der Waals surface area contributed by atoms with E-state index < -0.39 is 12.1 Å². The summed E-state index contributed by atoms with van der Waals surface area (Å²) in [7, 11) is 1.81. The number of aryl methyl sites for hydroxylation is 1. The Balaban J connectivity index is 1.72. The molecule has 12 heteroatoms. The Morgan fingerprint density at radius 1 is 1.24 bits per heavy atom. The van der Waals surface area contributed by atoms with Crippen LogP contribution in [0.2, 0.25) is 0 Å². The molecule has 1 aromatic carbocycles. The number of alkyl halides is 3. The van der Waals surface area contributed by atoms with E-state index in [2.05, 4.69) is 10.4 Å². The van der Waals surface area contributed by atoms with Crippen molar-refractivity contribution in [1.29, 1.82) is 0 Å². The first-order valence-corrected chi connectivity index (χ1v) is 9.03. The number of benzene rings is 1. The molecule has 0 fully saturated rings. The molecule has 0 saturated carbocycles. The average Bonchev–Trinajstić information content (AvgIpc) is 2.65. The quantitative estimate of drug-likeness (QED) is 0.476. The number of halogens is 3. The molecule has 9 nitrogen and oxygen atoms in total. The van der Waals surface area contributed by atoms with Crippen LogP contribution in [-0.2, 0) is 4.79 Å². The molecule has 0 atom stereocenters. The van der Waals surface area contributed by atoms with Gasteiger partial charge in [0.2, 0.25) is 5.96 Å². The van der Waals surface area contributed by atoms with Gasteiger partial charge in [-0.15, -0.1) is 0 Å². The number of nitrogens with one attached hydrogen (secondary N) is 2. The summed E-state index contributed by atoms with van der Waals surface area (Å²) in [6.07, 6.45) is -3.85. The topological polar surface area (TPSA) is 104 Å². The fourth-order valence-electron chi connectivity index (χ4n) is 2.69. The summed E-state index contributed by atoms with van der Waals surface area (Å²) in [5, 5.41) is 23.8. The summed E-state index contributed by atoms with van der Waals surface area (Å²) >= 11 is 0. The standard InChI is InChI=1S/C17H25F3N6O3/c1-12-5-6-13-14(11-12)26(29)23-16(25(13)28)22-8-4-10-24(2)9-3-7-21-15(27)17(18,19)20/h5-6,11,28-29H,3-4,7-10H2,1-2H3,(H,21,27)(H,22,23). The minimum atomic E-state index is -4.86. The Morgan fingerprint density at radius 2 is 1.93 bits per heavy atom. The Kier molecular flexibility index (Phi) is 7.65. The number of hydroxylamine groups is 1. The first kappa shape index (κ1) is 22.7. The molecular formula is C17H25F3N6O3. The van der Waals surface area contributed by atoms with Gasteiger partial charge in [-0.25, -0.2) is 10.4 Å². The Labute approximate surface area is 166 Å². The van der Waals surface area contributed by atoms with Crippen molar-refractivity contribution < 1.29 is 28.4 Å². The minimum absolute atomic E-state index is 0.0560. The van der Waals surface area contributed by atoms with Crippen molar-refractivity contribution in [1.82, 2.24) is 15.6 Å². The lowest BCUT2D eigenvalue weighted by molar-refractivity contribution is -0.173. The molecule has 2 rings (SSSR count). The fourth-order valence-corrected chi connectivity index (χ4v) is 2.69. The van der Waals surface area contributed by atoms with Crippen molar-refractivity contribution in [2.75, 3.05) is 43.5 Å². The minimum Gasteiger partial charge on any atom is -0.348 e. The highest BCUT2D eigenvalue weighted by Gasteiger charge is 2.38. The maximum absolute atomic E-state index is 12.1. The molecule has 29 heavy (non-hydrogen) atoms. The number of hydrogen-bond donors (Lipinski definition) is 4. The maximum Gasteiger partial charge on any atom is 0.471 e. The normalized spacial score (nSPS) is 15.5. The van der Waals surface area contributed by atoms with Crippen LogP contribution < -0.4 is 21.0 Å². The van der Waals surface area contributed by atoms with Gasteiger partial charge in [-0.2, -0.15) is 23.4 Å². The van der Waals surface area contributed by atoms with Gasteiger partial charge in [-0.1, -0.05) is 6.07 Å². The number of hydrogen-bond acceptors (Lipinski definition) is 6. The molecule has 0 bridgehead atoms. The van der Waals surface area contributed by atoms with Crippen LogP contribution >= 0.6 is 0 Å². The van der Waals surface area contributed by atoms with Gasteiger partial charge in [0.1, 0.15) is 11.4 Å². The number of fused-ring (bicyclic) bond motifs is 1. The molecular weight excluding hydrogens is 393 g/mol. The van der Waals surface area contributed by atoms with E-state index in [9.17, 15) is 28.4 Å². The predicted molar refractivity (Wildman–Crippen MR) is 101 cm³/mol. The zero-order valence-electron chi connectivity index (χ0n) is 16.2. The summed E-state index contributed by atoms with van der Waals surface area (Å²) in [6, 6.07) is 5.16. The zero-order valence-corrected chi connectivity index (χ0v) is 16.2. The third kappa shape index (κ3) is 6.48. The number of nitrogens with zero attached hydrogens (tertiary/aromatic N) is 4. The molecule has 0 aromatic heterocycles. The number of anilines is 2. The number of amides is 1. The van der Waals surface area contributed by atoms with Crippen LogP contribution in [0.3, 0.4) is 0 Å². The van der Waals surface area contributed by atoms with Crippen LogP contribution in [0.25, 0.3) is 0 Å². The predicted octanol–water partition coefficient (Wildman–Crippen LogP) is 1.65. The fraction of sp³-hybridized carbons (Fsp3) is 0.529. The number of aliphatic imine (C=N–C) groups is 1. The molecule has 0 aliphatic carbocycles. The summed E-state index contributed by atoms with van der Waals surface area (Å²) in [6.45, 7) is 3.29. The summed E-state index contributed by atoms with van der Waals surface area (Å²) in [4.78, 5) is 16.8. The first-order chi connectivity index (χ1) is 13.6. The zero-order chi connectivity index (χ0) is 21.6. The van der Waals surface area contributed by atoms with Crippen LogP contribution in [0, 0.1) is 6.92 Å². The van der Waals surface area contributed by atoms with Crippen LogP contribution in [0.1, 0.15) is 18.4 Å². The van der Waals surface area contributed by atoms with E-state index in [0.29, 0.717) is 43.9 Å². The number of hydrazine groups is 1. The summed E-state index contributed by atoms with van der Waals surface area (Å²) < 4.78 is 36.2. The van der Waals surface area contributed by atoms with E-state index in [0.717, 1.165) is 15.8 Å². The third-order valence-electron chi connectivity index (χ3n) is 4.21. The maximum atomic E-state index is 12.1. The average molecular weight is 418 g/mol. The van der Waals surface area contributed by atoms with Crippen LogP contribution in [0.15, 0.2) is 23.2 Å². The highest BCUT2D eigenvalue weighted by atomic mass is 19.4. The lowest BCUT2D eigenvalue weighted by atomic mass is 10.2. The van der Waals surface area contributed by atoms with Crippen LogP contribution in [0.5, 0.6) is 0 Å². The molecule has 0 saturated heterocycles. The van der Waals surface area contributed by atoms with Gasteiger partial charge in [0, 0.05) is 13.1 Å². The Bertz CT molecular complexity index is 744. The van der Waals surface area contributed by atoms with E-state index >= 15 is 0 Å². The van der Waals surface area contributed by atoms with Crippen molar-refractivity contribution in [3.8, 4) is 0 Å². The molecule has 1 aliphatic heterocycles. The van der Waals surface area contributed by atoms with Gasteiger partial charge in [-0.3, -0.25) is 15.2 Å². The smallest absolute Gasteiger partial charge is 0.348 e. The van der Waals surface area contributed by atoms with Crippen molar-refractivity contribution in [3.63, 3.8) is 0 Å². The molecule has 1 heterocycles. The number of carbonyl (C=O) groups excluding carboxylic acids is 1. The summed E-state index contributed by atoms with van der Waals surface area (Å²) in [5.41, 5.74) is 4.26. The molecule has 1 amide bonds. The van der Waals surface area contributed by atoms with Gasteiger partial charge in [0.05, 0.1) is 0 Å². The number of guanidine groups is 1. The Hall–Kier alpha value is -2.57. The van der Waals surface area contributed by atoms with Crippen LogP contribution in [0.4, 0.5) is 24.5 Å². The second-order valence-corrected chi connectivity index (χ2v) is 6.70. The molecule has 4 N–H and O–H groups in total. The van der Waals surface area contributed by atoms with Gasteiger partial charge in [0.25, 0.3) is 0 Å². The summed E-state index contributed by atoms with van der Waals surface area (Å²) in [5.74, 6) is -1.86. The lowest BCUT2D eigenvalue weighted by Gasteiger charge is -2.33. The highest BCUT2D eigenvalue weighted by Crippen LogP contribution is 2.30. The molecule has 1 aliphatic rings. The highest BCUT2D eigenvalue weighted by molar-refractivity contribution is 6.00. The van der Waals surface area contributed by atoms with Crippen molar-refractivity contribution >= 4 is 23.2 Å². The van der Waals surface area contributed by atoms with E-state index in [1.54, 1.807) is 18.2 Å². The Morgan fingerprint density at radius 3 is 2.62 bits per heavy atom. The van der Waals surface area contributed by atoms with Crippen molar-refractivity contribution in [2.24, 2.45) is 4.99 Å². The molecule has 1 aromatic rings. The van der Waals surface area contributed by atoms with E-state index in [4.69, 9.17) is 0 Å². The van der Waals surface area contributed by atoms with E-state index in [-0.39, 0.29) is 12.5 Å². The first-order valence-electron chi connectivity index (χ1n) is 9.03. The van der Waals surface area contributed by atoms with Gasteiger partial charge in [-0.05, 0) is 57.6 Å². The van der Waals surface area contributed by atoms with Crippen molar-refractivity contribution in [3.05, 3.63) is 23.8 Å². The SMILES string of the molecule is Cc1ccc2c(c1)N(O)NC(=NCCCN(C)CCCNC(=O)C(F)(F)F)N2O. The van der Waals surface area contributed by atoms with Crippen molar-refractivity contribution in [2.45, 2.75) is 25.9 Å². The van der Waals surface area contributed by atoms with Gasteiger partial charge >= 0.3 is 12.1 Å². The van der Waals surface area contributed by atoms with E-state index in [1.165, 1.54) is 0 Å². The molecule has 162 valence electrons. The molecule has 0 unspecified atom stereocenters. The molecule has 0 spiro atoms. The third-order valence-corrected chi connectivity index (χ3v) is 4.21. The largest absolute Gasteiger partial charge is 0.471 e.